The summed E-state index contributed by atoms with van der Waals surface area (Å²) in [4.78, 5) is 48.0. The molecule has 4 bridgehead atoms. The average molecular weight is 573 g/mol. The molecular formula is C33H34F2N4O3. The molecule has 6 rings (SSSR count). The smallest absolute Gasteiger partial charge is 0.270 e. The van der Waals surface area contributed by atoms with Crippen molar-refractivity contribution >= 4 is 28.5 Å². The highest BCUT2D eigenvalue weighted by Gasteiger charge is 2.56. The Hall–Kier alpha value is -4.06. The maximum absolute atomic E-state index is 14.5. The number of aryl methyl sites for hydroxylation is 1. The van der Waals surface area contributed by atoms with Crippen LogP contribution in [0.2, 0.25) is 0 Å². The molecular weight excluding hydrogens is 538 g/mol. The molecule has 3 aliphatic rings. The Morgan fingerprint density at radius 1 is 1.14 bits per heavy atom. The first-order valence-corrected chi connectivity index (χ1v) is 14.8. The van der Waals surface area contributed by atoms with Gasteiger partial charge in [0.05, 0.1) is 17.0 Å². The fourth-order valence-corrected chi connectivity index (χ4v) is 7.14. The predicted octanol–water partition coefficient (Wildman–Crippen LogP) is 5.22. The molecule has 0 radical (unpaired) electrons. The molecule has 0 saturated carbocycles. The third kappa shape index (κ3) is 4.67. The molecule has 0 unspecified atom stereocenters. The molecule has 218 valence electrons. The fourth-order valence-electron chi connectivity index (χ4n) is 7.14. The summed E-state index contributed by atoms with van der Waals surface area (Å²) < 4.78 is 28.4. The number of carbonyl (C=O) groups is 3. The van der Waals surface area contributed by atoms with Crippen LogP contribution in [0.3, 0.4) is 0 Å². The van der Waals surface area contributed by atoms with Gasteiger partial charge in [-0.3, -0.25) is 14.4 Å². The number of rotatable bonds is 3. The molecule has 3 atom stereocenters. The van der Waals surface area contributed by atoms with Gasteiger partial charge >= 0.3 is 0 Å². The minimum atomic E-state index is -0.929. The molecule has 7 nitrogen and oxygen atoms in total. The number of halogens is 2. The Labute approximate surface area is 243 Å². The van der Waals surface area contributed by atoms with Crippen LogP contribution in [0.15, 0.2) is 36.4 Å². The van der Waals surface area contributed by atoms with Gasteiger partial charge in [0.1, 0.15) is 35.2 Å². The van der Waals surface area contributed by atoms with Gasteiger partial charge in [0, 0.05) is 31.0 Å². The van der Waals surface area contributed by atoms with E-state index in [1.165, 1.54) is 15.9 Å². The lowest BCUT2D eigenvalue weighted by atomic mass is 9.78. The topological polar surface area (TPSA) is 97.3 Å². The number of nitriles is 1. The summed E-state index contributed by atoms with van der Waals surface area (Å²) in [6, 6.07) is 10.0. The monoisotopic (exact) mass is 572 g/mol. The van der Waals surface area contributed by atoms with Crippen molar-refractivity contribution in [2.75, 3.05) is 13.1 Å². The normalized spacial score (nSPS) is 24.4. The molecule has 1 N–H and O–H groups in total. The van der Waals surface area contributed by atoms with Crippen molar-refractivity contribution in [3.8, 4) is 6.07 Å². The second kappa shape index (κ2) is 10.6. The van der Waals surface area contributed by atoms with Crippen LogP contribution in [-0.2, 0) is 27.8 Å². The molecule has 3 heterocycles. The molecule has 1 saturated heterocycles. The van der Waals surface area contributed by atoms with Crippen molar-refractivity contribution < 1.29 is 23.2 Å². The summed E-state index contributed by atoms with van der Waals surface area (Å²) >= 11 is 0. The van der Waals surface area contributed by atoms with E-state index in [1.54, 1.807) is 0 Å². The SMILES string of the molecule is CC(C)C[C@H]1C(=O)N2C[C@]3(C[C@H]2C#N)C(=O)Cc2ccc(cc23)CCCCCN1C(=O)c1cc2c(F)cc(F)cc2[nH]1. The highest BCUT2D eigenvalue weighted by molar-refractivity contribution is 6.01. The van der Waals surface area contributed by atoms with E-state index in [-0.39, 0.29) is 60.1 Å². The lowest BCUT2D eigenvalue weighted by Crippen LogP contribution is -2.53. The van der Waals surface area contributed by atoms with Crippen LogP contribution in [0.5, 0.6) is 0 Å². The first-order chi connectivity index (χ1) is 20.1. The van der Waals surface area contributed by atoms with Crippen molar-refractivity contribution in [2.24, 2.45) is 5.92 Å². The zero-order valence-corrected chi connectivity index (χ0v) is 23.9. The second-order valence-electron chi connectivity index (χ2n) is 12.5. The molecule has 2 aromatic carbocycles. The van der Waals surface area contributed by atoms with Crippen LogP contribution in [0.25, 0.3) is 10.9 Å². The van der Waals surface area contributed by atoms with Crippen molar-refractivity contribution in [2.45, 2.75) is 76.3 Å². The summed E-state index contributed by atoms with van der Waals surface area (Å²) in [7, 11) is 0. The number of hydrogen-bond acceptors (Lipinski definition) is 4. The molecule has 2 aliphatic heterocycles. The minimum absolute atomic E-state index is 0.0259. The molecule has 1 aliphatic carbocycles. The number of nitrogens with one attached hydrogen (secondary N) is 1. The Bertz CT molecular complexity index is 1640. The number of fused-ring (bicyclic) bond motifs is 3. The van der Waals surface area contributed by atoms with Gasteiger partial charge in [0.15, 0.2) is 0 Å². The Morgan fingerprint density at radius 2 is 1.95 bits per heavy atom. The number of amides is 2. The zero-order chi connectivity index (χ0) is 29.8. The number of H-pyrrole nitrogens is 1. The predicted molar refractivity (Wildman–Crippen MR) is 153 cm³/mol. The van der Waals surface area contributed by atoms with Crippen molar-refractivity contribution in [3.05, 3.63) is 70.4 Å². The summed E-state index contributed by atoms with van der Waals surface area (Å²) in [6.07, 6.45) is 4.01. The van der Waals surface area contributed by atoms with E-state index in [2.05, 4.69) is 23.2 Å². The summed E-state index contributed by atoms with van der Waals surface area (Å²) in [6.45, 7) is 4.32. The lowest BCUT2D eigenvalue weighted by Gasteiger charge is -2.35. The van der Waals surface area contributed by atoms with Gasteiger partial charge in [0.25, 0.3) is 5.91 Å². The van der Waals surface area contributed by atoms with Gasteiger partial charge in [-0.1, -0.05) is 38.5 Å². The van der Waals surface area contributed by atoms with Crippen LogP contribution in [0.1, 0.15) is 73.1 Å². The Balaban J connectivity index is 1.43. The number of benzene rings is 2. The average Bonchev–Trinajstić information content (AvgIpc) is 3.63. The molecule has 42 heavy (non-hydrogen) atoms. The van der Waals surface area contributed by atoms with Gasteiger partial charge in [-0.05, 0) is 66.8 Å². The van der Waals surface area contributed by atoms with Gasteiger partial charge in [0.2, 0.25) is 5.91 Å². The Morgan fingerprint density at radius 3 is 2.71 bits per heavy atom. The highest BCUT2D eigenvalue weighted by Crippen LogP contribution is 2.46. The van der Waals surface area contributed by atoms with Crippen LogP contribution in [0.4, 0.5) is 8.78 Å². The number of nitrogens with zero attached hydrogens (tertiary/aromatic N) is 3. The third-order valence-corrected chi connectivity index (χ3v) is 9.23. The Kier molecular flexibility index (Phi) is 7.12. The first-order valence-electron chi connectivity index (χ1n) is 14.8. The van der Waals surface area contributed by atoms with Gasteiger partial charge in [-0.15, -0.1) is 0 Å². The number of hydrogen-bond donors (Lipinski definition) is 1. The van der Waals surface area contributed by atoms with Crippen LogP contribution in [0, 0.1) is 28.9 Å². The highest BCUT2D eigenvalue weighted by atomic mass is 19.1. The van der Waals surface area contributed by atoms with Crippen LogP contribution < -0.4 is 0 Å². The number of aromatic nitrogens is 1. The number of Topliss-reactive ketones (excluding diaryl/α,β-unsaturated/α-hetero) is 1. The van der Waals surface area contributed by atoms with E-state index in [1.807, 2.05) is 19.9 Å². The van der Waals surface area contributed by atoms with E-state index in [4.69, 9.17) is 0 Å². The fraction of sp³-hybridized carbons (Fsp3) is 0.455. The second-order valence-corrected chi connectivity index (χ2v) is 12.5. The van der Waals surface area contributed by atoms with E-state index in [0.29, 0.717) is 12.8 Å². The lowest BCUT2D eigenvalue weighted by molar-refractivity contribution is -0.137. The van der Waals surface area contributed by atoms with Crippen molar-refractivity contribution in [3.63, 3.8) is 0 Å². The minimum Gasteiger partial charge on any atom is -0.350 e. The third-order valence-electron chi connectivity index (χ3n) is 9.23. The number of ketones is 1. The molecule has 1 aromatic heterocycles. The number of carbonyl (C=O) groups excluding carboxylic acids is 3. The standard InChI is InChI=1S/C33H34F2N4O3/c1-19(2)10-29-32(42)39-18-33(16-23(39)17-36)25-11-20(7-8-21(25)12-30(33)40)6-4-3-5-9-38(29)31(41)28-15-24-26(35)13-22(34)14-27(24)37-28/h7-8,11,13-15,19,23,29,37H,3-6,9-10,12,16,18H2,1-2H3/t23-,29-,33-/m0/s1. The quantitative estimate of drug-likeness (QED) is 0.466. The van der Waals surface area contributed by atoms with E-state index in [0.717, 1.165) is 48.1 Å². The zero-order valence-electron chi connectivity index (χ0n) is 23.9. The van der Waals surface area contributed by atoms with Gasteiger partial charge in [-0.2, -0.15) is 5.26 Å². The summed E-state index contributed by atoms with van der Waals surface area (Å²) in [5.74, 6) is -2.31. The largest absolute Gasteiger partial charge is 0.350 e. The first kappa shape index (κ1) is 28.1. The molecule has 2 amide bonds. The van der Waals surface area contributed by atoms with Crippen molar-refractivity contribution in [1.82, 2.24) is 14.8 Å². The van der Waals surface area contributed by atoms with Crippen LogP contribution >= 0.6 is 0 Å². The number of aromatic amines is 1. The molecule has 9 heteroatoms. The summed E-state index contributed by atoms with van der Waals surface area (Å²) in [5.41, 5.74) is 2.31. The molecule has 1 fully saturated rings. The van der Waals surface area contributed by atoms with Gasteiger partial charge in [-0.25, -0.2) is 8.78 Å². The van der Waals surface area contributed by atoms with Gasteiger partial charge < -0.3 is 14.8 Å². The molecule has 1 spiro atoms. The van der Waals surface area contributed by atoms with E-state index in [9.17, 15) is 28.4 Å². The maximum Gasteiger partial charge on any atom is 0.270 e. The van der Waals surface area contributed by atoms with E-state index >= 15 is 0 Å². The van der Waals surface area contributed by atoms with Crippen molar-refractivity contribution in [1.29, 1.82) is 5.26 Å². The molecule has 3 aromatic rings. The summed E-state index contributed by atoms with van der Waals surface area (Å²) in [5, 5.41) is 10.3. The maximum atomic E-state index is 14.5. The van der Waals surface area contributed by atoms with E-state index < -0.39 is 35.0 Å². The van der Waals surface area contributed by atoms with Crippen LogP contribution in [-0.4, -0.2) is 57.6 Å².